The number of hydrogen-bond donors (Lipinski definition) is 5. The van der Waals surface area contributed by atoms with E-state index in [1.54, 1.807) is 52.6 Å². The van der Waals surface area contributed by atoms with Crippen LogP contribution in [-0.4, -0.2) is 109 Å². The number of alkyl halides is 2. The summed E-state index contributed by atoms with van der Waals surface area (Å²) < 4.78 is 82.3. The van der Waals surface area contributed by atoms with Gasteiger partial charge < -0.3 is 35.8 Å². The van der Waals surface area contributed by atoms with Crippen LogP contribution in [0.25, 0.3) is 43.7 Å². The monoisotopic (exact) mass is 1100 g/mol. The number of likely N-dealkylation sites (tertiary alicyclic amines) is 1. The molecule has 1 fully saturated rings. The Hall–Kier alpha value is -7.41. The van der Waals surface area contributed by atoms with Crippen molar-refractivity contribution in [2.75, 3.05) is 30.2 Å². The Bertz CT molecular complexity index is 3360. The molecule has 8 rings (SSSR count). The fraction of sp³-hybridized carbons (Fsp3) is 0.377. The van der Waals surface area contributed by atoms with Gasteiger partial charge in [0.05, 0.1) is 51.6 Å². The van der Waals surface area contributed by atoms with Crippen LogP contribution in [0.2, 0.25) is 0 Å². The van der Waals surface area contributed by atoms with Gasteiger partial charge in [-0.25, -0.2) is 22.8 Å². The van der Waals surface area contributed by atoms with E-state index >= 15 is 0 Å². The second-order valence-electron chi connectivity index (χ2n) is 19.8. The summed E-state index contributed by atoms with van der Waals surface area (Å²) in [6, 6.07) is 15.5. The number of benzene rings is 3. The van der Waals surface area contributed by atoms with Gasteiger partial charge in [0, 0.05) is 75.2 Å². The number of aryl methyl sites for hydroxylation is 3. The summed E-state index contributed by atoms with van der Waals surface area (Å²) in [6.45, 7) is 10.0. The van der Waals surface area contributed by atoms with E-state index in [2.05, 4.69) is 25.7 Å². The van der Waals surface area contributed by atoms with Crippen molar-refractivity contribution in [1.82, 2.24) is 45.1 Å². The number of pyridine rings is 1. The summed E-state index contributed by atoms with van der Waals surface area (Å²) in [5, 5.41) is 26.1. The molecule has 3 amide bonds. The van der Waals surface area contributed by atoms with E-state index in [1.807, 2.05) is 62.9 Å². The zero-order valence-corrected chi connectivity index (χ0v) is 44.8. The Balaban J connectivity index is 0.856. The smallest absolute Gasteiger partial charge is 0.355 e. The average molecular weight is 1100 g/mol. The second kappa shape index (κ2) is 23.5. The Morgan fingerprint density at radius 2 is 1.71 bits per heavy atom. The quantitative estimate of drug-likeness (QED) is 0.0442. The van der Waals surface area contributed by atoms with E-state index in [9.17, 15) is 41.1 Å². The Morgan fingerprint density at radius 1 is 0.987 bits per heavy atom. The Morgan fingerprint density at radius 3 is 2.40 bits per heavy atom. The summed E-state index contributed by atoms with van der Waals surface area (Å²) in [5.41, 5.74) is 13.3. The van der Waals surface area contributed by atoms with E-state index < -0.39 is 69.0 Å². The van der Waals surface area contributed by atoms with Crippen molar-refractivity contribution >= 4 is 61.5 Å². The predicted molar refractivity (Wildman–Crippen MR) is 285 cm³/mol. The van der Waals surface area contributed by atoms with Crippen molar-refractivity contribution in [1.29, 1.82) is 0 Å². The van der Waals surface area contributed by atoms with Gasteiger partial charge in [-0.05, 0) is 66.6 Å². The number of hydrogen-bond acceptors (Lipinski definition) is 14. The maximum absolute atomic E-state index is 14.1. The first-order valence-electron chi connectivity index (χ1n) is 24.7. The molecule has 0 saturated carbocycles. The molecule has 4 atom stereocenters. The van der Waals surface area contributed by atoms with E-state index in [0.29, 0.717) is 51.8 Å². The van der Waals surface area contributed by atoms with Crippen LogP contribution in [0.5, 0.6) is 5.75 Å². The number of anilines is 2. The number of nitrogens with one attached hydrogen (secondary N) is 3. The van der Waals surface area contributed by atoms with Crippen molar-refractivity contribution in [2.45, 2.75) is 97.0 Å². The third kappa shape index (κ3) is 13.1. The van der Waals surface area contributed by atoms with Gasteiger partial charge in [-0.1, -0.05) is 63.2 Å². The number of sulfonamides is 1. The number of nitrogens with two attached hydrogens (primary N) is 1. The molecular weight excluding hydrogens is 1040 g/mol. The maximum atomic E-state index is 14.1. The number of carbonyl (C=O) groups is 3. The lowest BCUT2D eigenvalue weighted by Crippen LogP contribution is -2.57. The zero-order chi connectivity index (χ0) is 55.3. The van der Waals surface area contributed by atoms with E-state index in [0.717, 1.165) is 21.7 Å². The zero-order valence-electron chi connectivity index (χ0n) is 43.2. The van der Waals surface area contributed by atoms with Crippen LogP contribution in [0.3, 0.4) is 0 Å². The number of aliphatic hydroxyl groups excluding tert-OH is 1. The third-order valence-electron chi connectivity index (χ3n) is 13.1. The molecule has 0 aliphatic carbocycles. The minimum absolute atomic E-state index is 0.0302. The molecule has 0 bridgehead atoms. The highest BCUT2D eigenvalue weighted by atomic mass is 32.2. The summed E-state index contributed by atoms with van der Waals surface area (Å²) in [5.74, 6) is -5.43. The van der Waals surface area contributed by atoms with Crippen molar-refractivity contribution < 1.29 is 50.6 Å². The summed E-state index contributed by atoms with van der Waals surface area (Å²) in [4.78, 5) is 52.1. The number of fused-ring (bicyclic) bond motifs is 1. The largest absolute Gasteiger partial charge is 0.484 e. The molecule has 408 valence electrons. The molecule has 19 nitrogen and oxygen atoms in total. The minimum atomic E-state index is -5.09. The van der Waals surface area contributed by atoms with Crippen LogP contribution in [0.1, 0.15) is 69.9 Å². The molecule has 4 aromatic heterocycles. The number of nitrogens with zero attached hydrogens (tertiary/aromatic N) is 7. The molecule has 0 radical (unpaired) electrons. The van der Waals surface area contributed by atoms with Gasteiger partial charge in [0.2, 0.25) is 17.7 Å². The van der Waals surface area contributed by atoms with Crippen LogP contribution in [0, 0.1) is 18.2 Å². The number of carbonyl (C=O) groups excluding carboxylic acids is 3. The lowest BCUT2D eigenvalue weighted by Gasteiger charge is -2.35. The molecule has 3 aromatic carbocycles. The number of rotatable bonds is 21. The SMILES string of the molecule is Cc1ncsc1-c1ccc(CNC(=O)[C@@H]2C[C@@H](O)CN2C(=O)[C@@H](NC(=O)CCOCCCn2cc(-c3cnc(N)c4c(-c5ccc(NS(=O)(=O)C(F)F)c(O[C@@H](C)c6ccc(F)cc6)c5)nn(C)c34)cn2)C(C)(C)C)cc1. The number of β-amino-alcohol motifs (C(OH)–C–C–N with tert-alkyl or cyclic N) is 1. The maximum Gasteiger partial charge on any atom is 0.355 e. The number of nitrogen functional groups attached to an aromatic ring is 1. The first kappa shape index (κ1) is 55.8. The van der Waals surface area contributed by atoms with E-state index in [4.69, 9.17) is 20.3 Å². The molecular formula is C53H60F3N11O8S2. The van der Waals surface area contributed by atoms with Gasteiger partial charge in [0.15, 0.2) is 0 Å². The van der Waals surface area contributed by atoms with E-state index in [-0.39, 0.29) is 56.4 Å². The minimum Gasteiger partial charge on any atom is -0.484 e. The summed E-state index contributed by atoms with van der Waals surface area (Å²) in [6.07, 6.45) is 3.97. The molecule has 24 heteroatoms. The average Bonchev–Trinajstić information content (AvgIpc) is 4.25. The second-order valence-corrected chi connectivity index (χ2v) is 22.3. The van der Waals surface area contributed by atoms with Gasteiger partial charge in [-0.15, -0.1) is 11.3 Å². The summed E-state index contributed by atoms with van der Waals surface area (Å²) in [7, 11) is -3.38. The molecule has 1 saturated heterocycles. The van der Waals surface area contributed by atoms with Gasteiger partial charge in [0.25, 0.3) is 10.0 Å². The van der Waals surface area contributed by atoms with Crippen LogP contribution >= 0.6 is 11.3 Å². The Kier molecular flexibility index (Phi) is 17.0. The number of aliphatic hydroxyl groups is 1. The van der Waals surface area contributed by atoms with Crippen molar-refractivity contribution in [2.24, 2.45) is 12.5 Å². The van der Waals surface area contributed by atoms with Crippen LogP contribution in [0.4, 0.5) is 24.7 Å². The Labute approximate surface area is 447 Å². The van der Waals surface area contributed by atoms with Crippen LogP contribution in [0.15, 0.2) is 90.8 Å². The molecule has 0 unspecified atom stereocenters. The predicted octanol–water partition coefficient (Wildman–Crippen LogP) is 7.36. The fourth-order valence-corrected chi connectivity index (χ4v) is 10.4. The number of amides is 3. The molecule has 1 aliphatic heterocycles. The van der Waals surface area contributed by atoms with Crippen molar-refractivity contribution in [3.63, 3.8) is 0 Å². The molecule has 77 heavy (non-hydrogen) atoms. The number of halogens is 3. The van der Waals surface area contributed by atoms with Gasteiger partial charge in [-0.3, -0.25) is 28.5 Å². The highest BCUT2D eigenvalue weighted by Gasteiger charge is 2.44. The summed E-state index contributed by atoms with van der Waals surface area (Å²) >= 11 is 1.56. The molecule has 0 spiro atoms. The van der Waals surface area contributed by atoms with Gasteiger partial charge in [0.1, 0.15) is 41.3 Å². The first-order chi connectivity index (χ1) is 36.6. The van der Waals surface area contributed by atoms with Gasteiger partial charge in [-0.2, -0.15) is 19.0 Å². The number of aromatic nitrogens is 6. The van der Waals surface area contributed by atoms with Crippen LogP contribution < -0.4 is 25.8 Å². The normalized spacial score (nSPS) is 15.7. The van der Waals surface area contributed by atoms with Crippen molar-refractivity contribution in [3.8, 4) is 38.6 Å². The van der Waals surface area contributed by atoms with Crippen molar-refractivity contribution in [3.05, 3.63) is 113 Å². The highest BCUT2D eigenvalue weighted by molar-refractivity contribution is 7.93. The van der Waals surface area contributed by atoms with Gasteiger partial charge >= 0.3 is 5.76 Å². The lowest BCUT2D eigenvalue weighted by atomic mass is 9.85. The first-order valence-corrected chi connectivity index (χ1v) is 27.1. The lowest BCUT2D eigenvalue weighted by molar-refractivity contribution is -0.144. The molecule has 6 N–H and O–H groups in total. The standard InChI is InChI=1S/C53H60F3N11O8S2/c1-30-47(76-29-60-30)34-10-8-32(9-11-34)24-59-50(70)41-23-38(68)28-67(41)51(71)48(53(3,4)5)62-43(69)18-21-74-20-7-19-66-27-36(25-61-66)39-26-58-49(57)44-45(63-65(6)46(39)44)35-14-17-40(64-77(72,73)52(55)56)42(22-35)75-31(2)33-12-15-37(54)16-13-33/h8-17,22,25-27,29,31,38,41,48,52,64,68H,7,18-21,23-24,28H2,1-6H3,(H2,57,58)(H,59,70)(H,62,69)/t31-,38+,41-,48+/m0/s1. The highest BCUT2D eigenvalue weighted by Crippen LogP contribution is 2.41. The molecule has 5 heterocycles. The topological polar surface area (TPSA) is 251 Å². The third-order valence-corrected chi connectivity index (χ3v) is 15.0. The fourth-order valence-electron chi connectivity index (χ4n) is 9.02. The molecule has 1 aliphatic rings. The number of ether oxygens (including phenoxy) is 2. The van der Waals surface area contributed by atoms with Crippen LogP contribution in [-0.2, 0) is 49.3 Å². The van der Waals surface area contributed by atoms with E-state index in [1.165, 1.54) is 47.4 Å². The number of thiazole rings is 1. The molecule has 7 aromatic rings.